The molecule has 0 amide bonds. The van der Waals surface area contributed by atoms with Gasteiger partial charge in [0.1, 0.15) is 42.2 Å². The summed E-state index contributed by atoms with van der Waals surface area (Å²) in [6.07, 6.45) is -2.68. The van der Waals surface area contributed by atoms with Crippen molar-refractivity contribution in [3.05, 3.63) is 209 Å². The van der Waals surface area contributed by atoms with Crippen LogP contribution in [0.1, 0.15) is 40.3 Å². The molecule has 292 valence electrons. The average molecular weight is 781 g/mol. The Kier molecular flexibility index (Phi) is 13.9. The van der Waals surface area contributed by atoms with Gasteiger partial charge >= 0.3 is 5.97 Å². The zero-order chi connectivity index (χ0) is 39.3. The van der Waals surface area contributed by atoms with Gasteiger partial charge in [0, 0.05) is 6.92 Å². The van der Waals surface area contributed by atoms with Gasteiger partial charge in [-0.1, -0.05) is 164 Å². The van der Waals surface area contributed by atoms with E-state index in [1.54, 1.807) is 18.9 Å². The molecular formula is C49H48O7S. The summed E-state index contributed by atoms with van der Waals surface area (Å²) in [6, 6.07) is 59.3. The molecule has 0 spiro atoms. The summed E-state index contributed by atoms with van der Waals surface area (Å²) >= 11 is 1.64. The average Bonchev–Trinajstić information content (AvgIpc) is 3.27. The highest BCUT2D eigenvalue weighted by Crippen LogP contribution is 2.53. The Morgan fingerprint density at radius 1 is 0.544 bits per heavy atom. The maximum Gasteiger partial charge on any atom is 0.302 e. The minimum atomic E-state index is -0.804. The van der Waals surface area contributed by atoms with Gasteiger partial charge in [-0.3, -0.25) is 4.79 Å². The molecule has 57 heavy (non-hydrogen) atoms. The Balaban J connectivity index is 1.37. The Morgan fingerprint density at radius 3 is 1.39 bits per heavy atom. The van der Waals surface area contributed by atoms with Crippen molar-refractivity contribution < 1.29 is 33.2 Å². The fourth-order valence-corrected chi connectivity index (χ4v) is 8.95. The molecule has 6 aromatic rings. The predicted octanol–water partition coefficient (Wildman–Crippen LogP) is 9.76. The SMILES string of the molecule is COc1ccc(C(S[C@H]2O[C@H](COC(C)=O)[C@@H](OCc3ccccc3)[C@H](OCc3ccccc3)[C@H]2OCc2ccccc2)(c2ccccc2)c2ccccc2)cc1. The van der Waals surface area contributed by atoms with Gasteiger partial charge in [-0.05, 0) is 45.5 Å². The highest BCUT2D eigenvalue weighted by atomic mass is 32.2. The van der Waals surface area contributed by atoms with Gasteiger partial charge in [-0.2, -0.15) is 0 Å². The molecule has 0 aliphatic carbocycles. The molecule has 1 aliphatic rings. The molecule has 0 aromatic heterocycles. The van der Waals surface area contributed by atoms with E-state index in [0.29, 0.717) is 19.8 Å². The van der Waals surface area contributed by atoms with Crippen molar-refractivity contribution in [1.82, 2.24) is 0 Å². The molecule has 8 heteroatoms. The monoisotopic (exact) mass is 780 g/mol. The fourth-order valence-electron chi connectivity index (χ4n) is 7.22. The molecule has 0 unspecified atom stereocenters. The molecule has 1 aliphatic heterocycles. The van der Waals surface area contributed by atoms with Gasteiger partial charge in [-0.15, -0.1) is 11.8 Å². The highest BCUT2D eigenvalue weighted by Gasteiger charge is 2.52. The maximum atomic E-state index is 12.4. The first kappa shape index (κ1) is 40.0. The van der Waals surface area contributed by atoms with E-state index in [-0.39, 0.29) is 6.61 Å². The van der Waals surface area contributed by atoms with E-state index in [1.807, 2.05) is 115 Å². The Morgan fingerprint density at radius 2 is 0.947 bits per heavy atom. The summed E-state index contributed by atoms with van der Waals surface area (Å²) in [5.41, 5.74) is 5.49. The number of rotatable bonds is 17. The number of carbonyl (C=O) groups excluding carboxylic acids is 1. The van der Waals surface area contributed by atoms with E-state index in [2.05, 4.69) is 60.7 Å². The first-order chi connectivity index (χ1) is 28.0. The Labute approximate surface area is 339 Å². The van der Waals surface area contributed by atoms with Gasteiger partial charge in [0.25, 0.3) is 0 Å². The predicted molar refractivity (Wildman–Crippen MR) is 224 cm³/mol. The zero-order valence-corrected chi connectivity index (χ0v) is 33.0. The molecule has 1 heterocycles. The van der Waals surface area contributed by atoms with Crippen molar-refractivity contribution in [3.63, 3.8) is 0 Å². The van der Waals surface area contributed by atoms with Gasteiger partial charge < -0.3 is 28.4 Å². The number of carbonyl (C=O) groups is 1. The highest BCUT2D eigenvalue weighted by molar-refractivity contribution is 8.01. The van der Waals surface area contributed by atoms with Gasteiger partial charge in [-0.25, -0.2) is 0 Å². The van der Waals surface area contributed by atoms with Crippen LogP contribution in [0.4, 0.5) is 0 Å². The minimum absolute atomic E-state index is 0.0331. The van der Waals surface area contributed by atoms with E-state index in [4.69, 9.17) is 28.4 Å². The van der Waals surface area contributed by atoms with Crippen LogP contribution in [0.5, 0.6) is 5.75 Å². The van der Waals surface area contributed by atoms with Crippen molar-refractivity contribution in [3.8, 4) is 5.75 Å². The third-order valence-corrected chi connectivity index (χ3v) is 11.7. The minimum Gasteiger partial charge on any atom is -0.497 e. The summed E-state index contributed by atoms with van der Waals surface area (Å²) < 4.78 is 38.6. The first-order valence-electron chi connectivity index (χ1n) is 19.2. The number of methoxy groups -OCH3 is 1. The van der Waals surface area contributed by atoms with Crippen LogP contribution in [0.3, 0.4) is 0 Å². The lowest BCUT2D eigenvalue weighted by molar-refractivity contribution is -0.253. The zero-order valence-electron chi connectivity index (χ0n) is 32.2. The molecule has 7 rings (SSSR count). The second-order valence-corrected chi connectivity index (χ2v) is 15.2. The topological polar surface area (TPSA) is 72.5 Å². The van der Waals surface area contributed by atoms with Gasteiger partial charge in [0.05, 0.1) is 31.7 Å². The first-order valence-corrected chi connectivity index (χ1v) is 20.1. The standard InChI is InChI=1S/C49H48O7S/c1-36(50)52-35-44-45(53-32-37-18-8-3-9-19-37)46(54-33-38-20-10-4-11-21-38)47(55-34-39-22-12-5-13-23-39)48(56-44)57-49(40-24-14-6-15-25-40,41-26-16-7-17-27-41)42-28-30-43(51-2)31-29-42/h3-31,44-48H,32-35H2,1-2H3/t44-,45-,46+,47-,48-/m1/s1. The van der Waals surface area contributed by atoms with Crippen LogP contribution in [-0.4, -0.2) is 49.5 Å². The molecule has 0 bridgehead atoms. The second kappa shape index (κ2) is 19.8. The summed E-state index contributed by atoms with van der Waals surface area (Å²) in [5, 5.41) is 0. The number of hydrogen-bond acceptors (Lipinski definition) is 8. The van der Waals surface area contributed by atoms with E-state index >= 15 is 0 Å². The number of benzene rings is 6. The van der Waals surface area contributed by atoms with Crippen LogP contribution in [0, 0.1) is 0 Å². The van der Waals surface area contributed by atoms with Gasteiger partial charge in [0.15, 0.2) is 0 Å². The molecule has 0 saturated carbocycles. The fraction of sp³-hybridized carbons (Fsp3) is 0.245. The van der Waals surface area contributed by atoms with Crippen molar-refractivity contribution >= 4 is 17.7 Å². The lowest BCUT2D eigenvalue weighted by atomic mass is 9.84. The third kappa shape index (κ3) is 10.0. The molecule has 6 aromatic carbocycles. The van der Waals surface area contributed by atoms with E-state index in [0.717, 1.165) is 39.1 Å². The molecule has 1 fully saturated rings. The van der Waals surface area contributed by atoms with Crippen LogP contribution in [-0.2, 0) is 53.0 Å². The molecule has 1 saturated heterocycles. The van der Waals surface area contributed by atoms with Crippen molar-refractivity contribution in [2.75, 3.05) is 13.7 Å². The lowest BCUT2D eigenvalue weighted by Crippen LogP contribution is -2.61. The summed E-state index contributed by atoms with van der Waals surface area (Å²) in [6.45, 7) is 2.28. The Hall–Kier alpha value is -5.22. The van der Waals surface area contributed by atoms with E-state index in [9.17, 15) is 4.79 Å². The third-order valence-electron chi connectivity index (χ3n) is 10.0. The maximum absolute atomic E-state index is 12.4. The van der Waals surface area contributed by atoms with Crippen molar-refractivity contribution in [2.45, 2.75) is 61.3 Å². The van der Waals surface area contributed by atoms with Crippen LogP contribution in [0.15, 0.2) is 176 Å². The quantitative estimate of drug-likeness (QED) is 0.0670. The number of hydrogen-bond donors (Lipinski definition) is 0. The van der Waals surface area contributed by atoms with Crippen LogP contribution < -0.4 is 4.74 Å². The smallest absolute Gasteiger partial charge is 0.302 e. The molecule has 5 atom stereocenters. The van der Waals surface area contributed by atoms with Crippen LogP contribution in [0.25, 0.3) is 0 Å². The number of thioether (sulfide) groups is 1. The lowest BCUT2D eigenvalue weighted by Gasteiger charge is -2.48. The number of esters is 1. The summed E-state index contributed by atoms with van der Waals surface area (Å²) in [5.74, 6) is 0.348. The molecule has 0 radical (unpaired) electrons. The Bertz CT molecular complexity index is 2050. The molecule has 7 nitrogen and oxygen atoms in total. The summed E-state index contributed by atoms with van der Waals surface area (Å²) in [4.78, 5) is 12.4. The van der Waals surface area contributed by atoms with Crippen molar-refractivity contribution in [1.29, 1.82) is 0 Å². The van der Waals surface area contributed by atoms with E-state index in [1.165, 1.54) is 6.92 Å². The largest absolute Gasteiger partial charge is 0.497 e. The molecule has 0 N–H and O–H groups in total. The molecular weight excluding hydrogens is 733 g/mol. The summed E-state index contributed by atoms with van der Waals surface area (Å²) in [7, 11) is 1.67. The van der Waals surface area contributed by atoms with Crippen LogP contribution >= 0.6 is 11.8 Å². The normalized spacial score (nSPS) is 19.4. The van der Waals surface area contributed by atoms with Crippen molar-refractivity contribution in [2.24, 2.45) is 0 Å². The van der Waals surface area contributed by atoms with Crippen LogP contribution in [0.2, 0.25) is 0 Å². The second-order valence-electron chi connectivity index (χ2n) is 13.9. The van der Waals surface area contributed by atoms with E-state index < -0.39 is 40.6 Å². The number of ether oxygens (including phenoxy) is 6. The van der Waals surface area contributed by atoms with Gasteiger partial charge in [0.2, 0.25) is 0 Å².